The van der Waals surface area contributed by atoms with E-state index >= 15 is 0 Å². The molecule has 2 aliphatic rings. The summed E-state index contributed by atoms with van der Waals surface area (Å²) in [4.78, 5) is 4.95. The van der Waals surface area contributed by atoms with Gasteiger partial charge in [-0.05, 0) is 43.4 Å². The van der Waals surface area contributed by atoms with Crippen LogP contribution in [0.4, 0.5) is 0 Å². The van der Waals surface area contributed by atoms with E-state index in [0.29, 0.717) is 12.1 Å². The van der Waals surface area contributed by atoms with Crippen molar-refractivity contribution in [3.8, 4) is 0 Å². The van der Waals surface area contributed by atoms with Crippen molar-refractivity contribution in [3.05, 3.63) is 34.3 Å². The first-order chi connectivity index (χ1) is 9.72. The number of benzene rings is 1. The van der Waals surface area contributed by atoms with Crippen LogP contribution in [0.2, 0.25) is 0 Å². The number of rotatable bonds is 2. The molecule has 1 heterocycles. The van der Waals surface area contributed by atoms with Crippen LogP contribution in [0.1, 0.15) is 44.2 Å². The molecule has 1 fully saturated rings. The SMILES string of the molecule is CC(NC1=NC2CCCCC2CS1)c1cccc(Br)c1. The molecular weight excluding hydrogens is 332 g/mol. The molecule has 3 atom stereocenters. The van der Waals surface area contributed by atoms with Gasteiger partial charge < -0.3 is 5.32 Å². The highest BCUT2D eigenvalue weighted by Gasteiger charge is 2.29. The quantitative estimate of drug-likeness (QED) is 0.829. The van der Waals surface area contributed by atoms with Crippen LogP contribution in [0.5, 0.6) is 0 Å². The predicted octanol–water partition coefficient (Wildman–Crippen LogP) is 4.76. The van der Waals surface area contributed by atoms with Crippen LogP contribution in [-0.4, -0.2) is 17.0 Å². The van der Waals surface area contributed by atoms with Crippen LogP contribution in [0, 0.1) is 5.92 Å². The Morgan fingerprint density at radius 3 is 3.05 bits per heavy atom. The van der Waals surface area contributed by atoms with Crippen molar-refractivity contribution in [1.29, 1.82) is 0 Å². The molecule has 20 heavy (non-hydrogen) atoms. The van der Waals surface area contributed by atoms with Gasteiger partial charge in [0.2, 0.25) is 0 Å². The van der Waals surface area contributed by atoms with E-state index in [1.54, 1.807) is 0 Å². The number of hydrogen-bond acceptors (Lipinski definition) is 3. The Morgan fingerprint density at radius 1 is 1.35 bits per heavy atom. The predicted molar refractivity (Wildman–Crippen MR) is 91.3 cm³/mol. The van der Waals surface area contributed by atoms with Crippen LogP contribution >= 0.6 is 27.7 Å². The van der Waals surface area contributed by atoms with Gasteiger partial charge in [-0.15, -0.1) is 0 Å². The first-order valence-corrected chi connectivity index (χ1v) is 9.23. The second kappa shape index (κ2) is 6.52. The Bertz CT molecular complexity index is 503. The number of halogens is 1. The summed E-state index contributed by atoms with van der Waals surface area (Å²) in [5, 5.41) is 4.73. The summed E-state index contributed by atoms with van der Waals surface area (Å²) in [5.74, 6) is 2.06. The van der Waals surface area contributed by atoms with Crippen LogP contribution in [0.15, 0.2) is 33.7 Å². The van der Waals surface area contributed by atoms with Gasteiger partial charge in [-0.2, -0.15) is 0 Å². The third-order valence-electron chi connectivity index (χ3n) is 4.27. The lowest BCUT2D eigenvalue weighted by Crippen LogP contribution is -2.35. The minimum absolute atomic E-state index is 0.305. The largest absolute Gasteiger partial charge is 0.358 e. The Kier molecular flexibility index (Phi) is 4.72. The highest BCUT2D eigenvalue weighted by molar-refractivity contribution is 9.10. The fourth-order valence-electron chi connectivity index (χ4n) is 3.05. The highest BCUT2D eigenvalue weighted by atomic mass is 79.9. The van der Waals surface area contributed by atoms with E-state index in [9.17, 15) is 0 Å². The summed E-state index contributed by atoms with van der Waals surface area (Å²) in [6.45, 7) is 2.21. The van der Waals surface area contributed by atoms with Gasteiger partial charge in [-0.25, -0.2) is 0 Å². The Morgan fingerprint density at radius 2 is 2.20 bits per heavy atom. The van der Waals surface area contributed by atoms with Crippen molar-refractivity contribution in [3.63, 3.8) is 0 Å². The maximum atomic E-state index is 4.95. The van der Waals surface area contributed by atoms with E-state index in [-0.39, 0.29) is 0 Å². The molecule has 3 rings (SSSR count). The second-order valence-electron chi connectivity index (χ2n) is 5.78. The molecule has 0 saturated heterocycles. The van der Waals surface area contributed by atoms with E-state index in [2.05, 4.69) is 52.4 Å². The first kappa shape index (κ1) is 14.5. The molecular formula is C16H21BrN2S. The van der Waals surface area contributed by atoms with Crippen molar-refractivity contribution in [2.24, 2.45) is 10.9 Å². The van der Waals surface area contributed by atoms with Gasteiger partial charge in [0.1, 0.15) is 0 Å². The number of amidine groups is 1. The number of thioether (sulfide) groups is 1. The van der Waals surface area contributed by atoms with Crippen LogP contribution in [-0.2, 0) is 0 Å². The van der Waals surface area contributed by atoms with Crippen LogP contribution < -0.4 is 5.32 Å². The van der Waals surface area contributed by atoms with Crippen molar-refractivity contribution in [1.82, 2.24) is 5.32 Å². The van der Waals surface area contributed by atoms with Gasteiger partial charge in [0, 0.05) is 10.2 Å². The third-order valence-corrected chi connectivity index (χ3v) is 5.86. The molecule has 1 aliphatic heterocycles. The highest BCUT2D eigenvalue weighted by Crippen LogP contribution is 2.34. The maximum Gasteiger partial charge on any atom is 0.157 e. The number of nitrogens with zero attached hydrogens (tertiary/aromatic N) is 1. The zero-order valence-corrected chi connectivity index (χ0v) is 14.2. The summed E-state index contributed by atoms with van der Waals surface area (Å²) < 4.78 is 1.13. The van der Waals surface area contributed by atoms with Gasteiger partial charge >= 0.3 is 0 Å². The topological polar surface area (TPSA) is 24.4 Å². The standard InChI is InChI=1S/C16H21BrN2S/c1-11(12-6-4-7-14(17)9-12)18-16-19-15-8-3-2-5-13(15)10-20-16/h4,6-7,9,11,13,15H,2-3,5,8,10H2,1H3,(H,18,19). The van der Waals surface area contributed by atoms with E-state index < -0.39 is 0 Å². The van der Waals surface area contributed by atoms with Crippen molar-refractivity contribution in [2.75, 3.05) is 5.75 Å². The summed E-state index contributed by atoms with van der Waals surface area (Å²) >= 11 is 5.44. The lowest BCUT2D eigenvalue weighted by Gasteiger charge is -2.33. The molecule has 0 bridgehead atoms. The van der Waals surface area contributed by atoms with E-state index in [0.717, 1.165) is 15.6 Å². The number of hydrogen-bond donors (Lipinski definition) is 1. The molecule has 4 heteroatoms. The first-order valence-electron chi connectivity index (χ1n) is 7.45. The Labute approximate surface area is 134 Å². The fraction of sp³-hybridized carbons (Fsp3) is 0.562. The minimum Gasteiger partial charge on any atom is -0.358 e. The average molecular weight is 353 g/mol. The van der Waals surface area contributed by atoms with E-state index in [4.69, 9.17) is 4.99 Å². The van der Waals surface area contributed by atoms with Gasteiger partial charge in [0.15, 0.2) is 5.17 Å². The molecule has 1 saturated carbocycles. The van der Waals surface area contributed by atoms with E-state index in [1.807, 2.05) is 11.8 Å². The van der Waals surface area contributed by atoms with Gasteiger partial charge in [0.25, 0.3) is 0 Å². The van der Waals surface area contributed by atoms with Crippen LogP contribution in [0.25, 0.3) is 0 Å². The molecule has 1 aromatic carbocycles. The Balaban J connectivity index is 1.67. The summed E-state index contributed by atoms with van der Waals surface area (Å²) in [6, 6.07) is 9.37. The van der Waals surface area contributed by atoms with Gasteiger partial charge in [-0.3, -0.25) is 4.99 Å². The average Bonchev–Trinajstić information content (AvgIpc) is 2.47. The van der Waals surface area contributed by atoms with E-state index in [1.165, 1.54) is 37.0 Å². The summed E-state index contributed by atoms with van der Waals surface area (Å²) in [7, 11) is 0. The van der Waals surface area contributed by atoms with Crippen molar-refractivity contribution in [2.45, 2.75) is 44.7 Å². The molecule has 1 aliphatic carbocycles. The molecule has 1 aromatic rings. The normalized spacial score (nSPS) is 27.4. The van der Waals surface area contributed by atoms with Crippen molar-refractivity contribution >= 4 is 32.9 Å². The number of nitrogens with one attached hydrogen (secondary N) is 1. The molecule has 0 aromatic heterocycles. The van der Waals surface area contributed by atoms with Gasteiger partial charge in [0.05, 0.1) is 12.1 Å². The molecule has 0 spiro atoms. The maximum absolute atomic E-state index is 4.95. The molecule has 108 valence electrons. The summed E-state index contributed by atoms with van der Waals surface area (Å²) in [6.07, 6.45) is 5.40. The lowest BCUT2D eigenvalue weighted by molar-refractivity contribution is 0.335. The number of aliphatic imine (C=N–C) groups is 1. The molecule has 2 nitrogen and oxygen atoms in total. The third kappa shape index (κ3) is 3.40. The minimum atomic E-state index is 0.305. The van der Waals surface area contributed by atoms with Crippen molar-refractivity contribution < 1.29 is 0 Å². The monoisotopic (exact) mass is 352 g/mol. The molecule has 0 radical (unpaired) electrons. The Hall–Kier alpha value is -0.480. The molecule has 0 amide bonds. The summed E-state index contributed by atoms with van der Waals surface area (Å²) in [5.41, 5.74) is 1.30. The second-order valence-corrected chi connectivity index (χ2v) is 7.70. The molecule has 1 N–H and O–H groups in total. The van der Waals surface area contributed by atoms with Crippen LogP contribution in [0.3, 0.4) is 0 Å². The zero-order chi connectivity index (χ0) is 13.9. The molecule has 3 unspecified atom stereocenters. The van der Waals surface area contributed by atoms with Gasteiger partial charge in [-0.1, -0.05) is 52.7 Å². The smallest absolute Gasteiger partial charge is 0.157 e. The zero-order valence-electron chi connectivity index (χ0n) is 11.8. The number of fused-ring (bicyclic) bond motifs is 1. The lowest BCUT2D eigenvalue weighted by atomic mass is 9.86. The fourth-order valence-corrected chi connectivity index (χ4v) is 4.70.